The molecule has 3 aliphatic rings. The molecule has 0 saturated carbocycles. The molecule has 4 heterocycles. The molecule has 0 amide bonds. The molecule has 0 aromatic carbocycles. The Morgan fingerprint density at radius 1 is 1.38 bits per heavy atom. The first-order chi connectivity index (χ1) is 7.92. The largest absolute Gasteiger partial charge is 0.348 e. The quantitative estimate of drug-likeness (QED) is 0.620. The molecule has 3 unspecified atom stereocenters. The Labute approximate surface area is 95.8 Å². The Morgan fingerprint density at radius 2 is 2.38 bits per heavy atom. The topological polar surface area (TPSA) is 29.3 Å². The van der Waals surface area contributed by atoms with E-state index in [1.54, 1.807) is 6.20 Å². The van der Waals surface area contributed by atoms with Crippen LogP contribution in [0.2, 0.25) is 0 Å². The van der Waals surface area contributed by atoms with Crippen LogP contribution in [-0.2, 0) is 0 Å². The molecule has 3 heteroatoms. The van der Waals surface area contributed by atoms with Crippen molar-refractivity contribution in [3.63, 3.8) is 0 Å². The number of hydrogen-bond donors (Lipinski definition) is 0. The van der Waals surface area contributed by atoms with E-state index >= 15 is 0 Å². The minimum atomic E-state index is 0.436. The Hall–Kier alpha value is -1.27. The second-order valence-corrected chi connectivity index (χ2v) is 4.73. The highest BCUT2D eigenvalue weighted by atomic mass is 16.5. The maximum absolute atomic E-state index is 4.99. The van der Waals surface area contributed by atoms with E-state index in [4.69, 9.17) is 4.52 Å². The molecule has 3 nitrogen and oxygen atoms in total. The number of piperidine rings is 1. The van der Waals surface area contributed by atoms with Crippen molar-refractivity contribution in [2.24, 2.45) is 5.92 Å². The van der Waals surface area contributed by atoms with Gasteiger partial charge in [-0.3, -0.25) is 4.90 Å². The smallest absolute Gasteiger partial charge is 0.209 e. The van der Waals surface area contributed by atoms with Crippen LogP contribution >= 0.6 is 0 Å². The zero-order chi connectivity index (χ0) is 10.8. The molecule has 3 atom stereocenters. The number of fused-ring (bicyclic) bond motifs is 4. The Bertz CT molecular complexity index is 397. The van der Waals surface area contributed by atoms with E-state index < -0.39 is 0 Å². The monoisotopic (exact) mass is 216 g/mol. The molecule has 4 rings (SSSR count). The number of nitrogens with zero attached hydrogens (tertiary/aromatic N) is 2. The molecule has 3 aliphatic heterocycles. The fourth-order valence-electron chi connectivity index (χ4n) is 2.78. The van der Waals surface area contributed by atoms with Crippen LogP contribution in [0.3, 0.4) is 0 Å². The van der Waals surface area contributed by atoms with Crippen LogP contribution in [-0.4, -0.2) is 29.2 Å². The first-order valence-electron chi connectivity index (χ1n) is 6.08. The lowest BCUT2D eigenvalue weighted by molar-refractivity contribution is 0.181. The number of aromatic nitrogens is 1. The van der Waals surface area contributed by atoms with Gasteiger partial charge in [-0.1, -0.05) is 11.1 Å². The van der Waals surface area contributed by atoms with Crippen molar-refractivity contribution in [3.05, 3.63) is 18.0 Å². The second kappa shape index (κ2) is 4.31. The van der Waals surface area contributed by atoms with Crippen molar-refractivity contribution in [2.75, 3.05) is 13.1 Å². The lowest BCUT2D eigenvalue weighted by atomic mass is 9.91. The third-order valence-corrected chi connectivity index (χ3v) is 3.68. The van der Waals surface area contributed by atoms with Gasteiger partial charge in [-0.2, -0.15) is 0 Å². The molecule has 0 aliphatic carbocycles. The molecule has 2 bridgehead atoms. The van der Waals surface area contributed by atoms with Crippen molar-refractivity contribution in [3.8, 4) is 11.8 Å². The minimum Gasteiger partial charge on any atom is -0.348 e. The number of rotatable bonds is 0. The van der Waals surface area contributed by atoms with E-state index in [-0.39, 0.29) is 0 Å². The highest BCUT2D eigenvalue weighted by Gasteiger charge is 2.29. The molecule has 3 saturated heterocycles. The van der Waals surface area contributed by atoms with Gasteiger partial charge in [0.2, 0.25) is 5.76 Å². The van der Waals surface area contributed by atoms with Crippen molar-refractivity contribution < 1.29 is 4.52 Å². The molecule has 84 valence electrons. The zero-order valence-corrected chi connectivity index (χ0v) is 9.35. The maximum Gasteiger partial charge on any atom is 0.209 e. The van der Waals surface area contributed by atoms with Gasteiger partial charge in [0.15, 0.2) is 0 Å². The van der Waals surface area contributed by atoms with Crippen LogP contribution in [0.1, 0.15) is 31.4 Å². The summed E-state index contributed by atoms with van der Waals surface area (Å²) in [6.45, 7) is 2.44. The summed E-state index contributed by atoms with van der Waals surface area (Å²) in [5.41, 5.74) is 0. The highest BCUT2D eigenvalue weighted by molar-refractivity contribution is 5.25. The summed E-state index contributed by atoms with van der Waals surface area (Å²) < 4.78 is 4.99. The van der Waals surface area contributed by atoms with Crippen LogP contribution in [0, 0.1) is 17.8 Å². The molecular weight excluding hydrogens is 200 g/mol. The lowest BCUT2D eigenvalue weighted by Gasteiger charge is -2.32. The first-order valence-corrected chi connectivity index (χ1v) is 6.08. The molecule has 0 N–H and O–H groups in total. The van der Waals surface area contributed by atoms with Crippen LogP contribution in [0.4, 0.5) is 0 Å². The molecule has 0 spiro atoms. The van der Waals surface area contributed by atoms with E-state index in [0.29, 0.717) is 11.8 Å². The summed E-state index contributed by atoms with van der Waals surface area (Å²) >= 11 is 0. The summed E-state index contributed by atoms with van der Waals surface area (Å²) in [5.74, 6) is 8.00. The SMILES string of the molecule is C(#CC1CC2CCCN1CC2)c1ccno1. The van der Waals surface area contributed by atoms with Crippen molar-refractivity contribution >= 4 is 0 Å². The minimum absolute atomic E-state index is 0.436. The highest BCUT2D eigenvalue weighted by Crippen LogP contribution is 2.30. The summed E-state index contributed by atoms with van der Waals surface area (Å²) in [4.78, 5) is 2.52. The Balaban J connectivity index is 1.75. The van der Waals surface area contributed by atoms with Gasteiger partial charge in [-0.25, -0.2) is 0 Å². The predicted octanol–water partition coefficient (Wildman–Crippen LogP) is 1.90. The van der Waals surface area contributed by atoms with Gasteiger partial charge in [0.05, 0.1) is 12.2 Å². The summed E-state index contributed by atoms with van der Waals surface area (Å²) in [7, 11) is 0. The summed E-state index contributed by atoms with van der Waals surface area (Å²) in [5, 5.41) is 3.66. The Morgan fingerprint density at radius 3 is 3.25 bits per heavy atom. The normalized spacial score (nSPS) is 32.9. The van der Waals surface area contributed by atoms with Crippen molar-refractivity contribution in [1.29, 1.82) is 0 Å². The van der Waals surface area contributed by atoms with Gasteiger partial charge in [0.1, 0.15) is 0 Å². The van der Waals surface area contributed by atoms with E-state index in [1.807, 2.05) is 6.07 Å². The molecule has 3 fully saturated rings. The zero-order valence-electron chi connectivity index (χ0n) is 9.35. The third-order valence-electron chi connectivity index (χ3n) is 3.68. The van der Waals surface area contributed by atoms with Crippen LogP contribution in [0.15, 0.2) is 16.8 Å². The van der Waals surface area contributed by atoms with Crippen molar-refractivity contribution in [1.82, 2.24) is 10.1 Å². The summed E-state index contributed by atoms with van der Waals surface area (Å²) in [6.07, 6.45) is 6.97. The fourth-order valence-corrected chi connectivity index (χ4v) is 2.78. The van der Waals surface area contributed by atoms with Crippen molar-refractivity contribution in [2.45, 2.75) is 31.7 Å². The molecule has 1 aromatic rings. The Kier molecular flexibility index (Phi) is 2.67. The standard InChI is InChI=1S/C13H16N2O/c1-2-11-6-9-15(8-1)12(10-11)3-4-13-5-7-14-16-13/h5,7,11-12H,1-2,6,8-10H2. The van der Waals surface area contributed by atoms with Crippen LogP contribution in [0.25, 0.3) is 0 Å². The van der Waals surface area contributed by atoms with E-state index in [1.165, 1.54) is 38.8 Å². The van der Waals surface area contributed by atoms with Crippen LogP contribution in [0.5, 0.6) is 0 Å². The summed E-state index contributed by atoms with van der Waals surface area (Å²) in [6, 6.07) is 2.25. The third kappa shape index (κ3) is 1.98. The van der Waals surface area contributed by atoms with E-state index in [9.17, 15) is 0 Å². The van der Waals surface area contributed by atoms with E-state index in [2.05, 4.69) is 21.9 Å². The maximum atomic E-state index is 4.99. The van der Waals surface area contributed by atoms with Gasteiger partial charge in [-0.05, 0) is 50.6 Å². The second-order valence-electron chi connectivity index (χ2n) is 4.73. The average Bonchev–Trinajstić information content (AvgIpc) is 2.63. The predicted molar refractivity (Wildman–Crippen MR) is 60.7 cm³/mol. The first kappa shape index (κ1) is 9.92. The molecule has 1 aromatic heterocycles. The fraction of sp³-hybridized carbons (Fsp3) is 0.615. The van der Waals surface area contributed by atoms with E-state index in [0.717, 1.165) is 5.92 Å². The number of hydrogen-bond acceptors (Lipinski definition) is 3. The van der Waals surface area contributed by atoms with Gasteiger partial charge in [-0.15, -0.1) is 0 Å². The average molecular weight is 216 g/mol. The molecule has 16 heavy (non-hydrogen) atoms. The van der Waals surface area contributed by atoms with Crippen LogP contribution < -0.4 is 0 Å². The molecular formula is C13H16N2O. The van der Waals surface area contributed by atoms with Gasteiger partial charge < -0.3 is 4.52 Å². The molecule has 0 radical (unpaired) electrons. The van der Waals surface area contributed by atoms with Gasteiger partial charge >= 0.3 is 0 Å². The lowest BCUT2D eigenvalue weighted by Crippen LogP contribution is -2.39. The van der Waals surface area contributed by atoms with Gasteiger partial charge in [0, 0.05) is 6.07 Å². The van der Waals surface area contributed by atoms with Gasteiger partial charge in [0.25, 0.3) is 0 Å².